The van der Waals surface area contributed by atoms with Gasteiger partial charge in [0.25, 0.3) is 5.91 Å². The Hall–Kier alpha value is -3.41. The lowest BCUT2D eigenvalue weighted by Crippen LogP contribution is -2.38. The molecule has 3 aromatic rings. The molecule has 1 aliphatic rings. The number of carbonyl (C=O) groups excluding carboxylic acids is 2. The zero-order valence-electron chi connectivity index (χ0n) is 18.8. The summed E-state index contributed by atoms with van der Waals surface area (Å²) < 4.78 is 1.63. The fourth-order valence-corrected chi connectivity index (χ4v) is 4.43. The van der Waals surface area contributed by atoms with Gasteiger partial charge in [-0.2, -0.15) is 5.10 Å². The van der Waals surface area contributed by atoms with Crippen LogP contribution in [-0.2, 0) is 18.3 Å². The van der Waals surface area contributed by atoms with E-state index >= 15 is 0 Å². The normalized spacial score (nSPS) is 16.8. The van der Waals surface area contributed by atoms with Gasteiger partial charge in [-0.05, 0) is 35.6 Å². The second kappa shape index (κ2) is 9.81. The summed E-state index contributed by atoms with van der Waals surface area (Å²) in [5, 5.41) is 4.28. The number of aromatic nitrogens is 2. The van der Waals surface area contributed by atoms with Gasteiger partial charge in [0.05, 0.1) is 5.92 Å². The van der Waals surface area contributed by atoms with Crippen LogP contribution in [0.5, 0.6) is 0 Å². The van der Waals surface area contributed by atoms with E-state index in [1.165, 1.54) is 0 Å². The van der Waals surface area contributed by atoms with E-state index in [2.05, 4.69) is 36.3 Å². The third-order valence-electron chi connectivity index (χ3n) is 6.02. The molecule has 0 bridgehead atoms. The summed E-state index contributed by atoms with van der Waals surface area (Å²) in [5.41, 5.74) is 3.82. The molecule has 0 radical (unpaired) electrons. The molecule has 6 nitrogen and oxygen atoms in total. The predicted molar refractivity (Wildman–Crippen MR) is 125 cm³/mol. The topological polar surface area (TPSA) is 58.4 Å². The van der Waals surface area contributed by atoms with Gasteiger partial charge >= 0.3 is 0 Å². The molecule has 0 spiro atoms. The molecule has 2 amide bonds. The Labute approximate surface area is 189 Å². The molecule has 32 heavy (non-hydrogen) atoms. The van der Waals surface area contributed by atoms with Crippen LogP contribution in [0.4, 0.5) is 0 Å². The summed E-state index contributed by atoms with van der Waals surface area (Å²) in [6.07, 6.45) is 3.26. The highest BCUT2D eigenvalue weighted by Crippen LogP contribution is 2.27. The SMILES string of the molecule is CCCN1CCN(C(=O)c2ccn(C)n2)C[C@H](Cc2ccccc2-c2ccccc2)C1=O. The highest BCUT2D eigenvalue weighted by molar-refractivity contribution is 5.93. The average Bonchev–Trinajstić information content (AvgIpc) is 3.20. The zero-order chi connectivity index (χ0) is 22.5. The van der Waals surface area contributed by atoms with Crippen LogP contribution in [0.1, 0.15) is 29.4 Å². The molecule has 4 rings (SSSR count). The first-order valence-corrected chi connectivity index (χ1v) is 11.3. The van der Waals surface area contributed by atoms with Crippen molar-refractivity contribution in [3.63, 3.8) is 0 Å². The van der Waals surface area contributed by atoms with E-state index in [1.54, 1.807) is 28.9 Å². The quantitative estimate of drug-likeness (QED) is 0.600. The van der Waals surface area contributed by atoms with Gasteiger partial charge in [0.1, 0.15) is 5.69 Å². The second-order valence-corrected chi connectivity index (χ2v) is 8.38. The summed E-state index contributed by atoms with van der Waals surface area (Å²) in [6, 6.07) is 20.2. The minimum Gasteiger partial charge on any atom is -0.341 e. The summed E-state index contributed by atoms with van der Waals surface area (Å²) in [4.78, 5) is 30.3. The maximum absolute atomic E-state index is 13.5. The van der Waals surface area contributed by atoms with Crippen LogP contribution in [0.3, 0.4) is 0 Å². The molecule has 0 saturated carbocycles. The largest absolute Gasteiger partial charge is 0.341 e. The van der Waals surface area contributed by atoms with E-state index in [9.17, 15) is 9.59 Å². The summed E-state index contributed by atoms with van der Waals surface area (Å²) >= 11 is 0. The zero-order valence-corrected chi connectivity index (χ0v) is 18.8. The van der Waals surface area contributed by atoms with Gasteiger partial charge < -0.3 is 9.80 Å². The van der Waals surface area contributed by atoms with Crippen molar-refractivity contribution in [3.8, 4) is 11.1 Å². The van der Waals surface area contributed by atoms with Gasteiger partial charge in [0.2, 0.25) is 5.91 Å². The van der Waals surface area contributed by atoms with Crippen molar-refractivity contribution < 1.29 is 9.59 Å². The van der Waals surface area contributed by atoms with Crippen molar-refractivity contribution in [2.24, 2.45) is 13.0 Å². The average molecular weight is 431 g/mol. The molecule has 1 saturated heterocycles. The van der Waals surface area contributed by atoms with Crippen LogP contribution in [0.25, 0.3) is 11.1 Å². The number of carbonyl (C=O) groups is 2. The lowest BCUT2D eigenvalue weighted by Gasteiger charge is -2.24. The molecule has 2 aromatic carbocycles. The highest BCUT2D eigenvalue weighted by atomic mass is 16.2. The molecule has 1 atom stereocenters. The van der Waals surface area contributed by atoms with Crippen LogP contribution in [0.15, 0.2) is 66.9 Å². The first-order valence-electron chi connectivity index (χ1n) is 11.3. The summed E-state index contributed by atoms with van der Waals surface area (Å²) in [7, 11) is 1.80. The third kappa shape index (κ3) is 4.74. The first kappa shape index (κ1) is 21.8. The van der Waals surface area contributed by atoms with E-state index in [4.69, 9.17) is 0 Å². The molecule has 0 aliphatic carbocycles. The highest BCUT2D eigenvalue weighted by Gasteiger charge is 2.33. The van der Waals surface area contributed by atoms with E-state index in [0.717, 1.165) is 23.1 Å². The Morgan fingerprint density at radius 3 is 2.50 bits per heavy atom. The second-order valence-electron chi connectivity index (χ2n) is 8.38. The molecular formula is C26H30N4O2. The smallest absolute Gasteiger partial charge is 0.274 e. The standard InChI is InChI=1S/C26H30N4O2/c1-3-14-29-16-17-30(26(32)24-13-15-28(2)27-24)19-22(25(29)31)18-21-11-7-8-12-23(21)20-9-5-4-6-10-20/h4-13,15,22H,3,14,16-19H2,1-2H3/t22-/m0/s1. The Bertz CT molecular complexity index is 1080. The molecule has 2 heterocycles. The fourth-order valence-electron chi connectivity index (χ4n) is 4.43. The number of nitrogens with zero attached hydrogens (tertiary/aromatic N) is 4. The van der Waals surface area contributed by atoms with Crippen molar-refractivity contribution in [3.05, 3.63) is 78.1 Å². The Morgan fingerprint density at radius 2 is 1.78 bits per heavy atom. The molecule has 166 valence electrons. The molecule has 1 aromatic heterocycles. The van der Waals surface area contributed by atoms with Gasteiger partial charge in [-0.15, -0.1) is 0 Å². The minimum atomic E-state index is -0.290. The molecule has 1 aliphatic heterocycles. The van der Waals surface area contributed by atoms with E-state index < -0.39 is 0 Å². The Kier molecular flexibility index (Phi) is 6.69. The van der Waals surface area contributed by atoms with Gasteiger partial charge in [0.15, 0.2) is 0 Å². The van der Waals surface area contributed by atoms with Crippen molar-refractivity contribution in [1.82, 2.24) is 19.6 Å². The number of benzene rings is 2. The van der Waals surface area contributed by atoms with Crippen molar-refractivity contribution >= 4 is 11.8 Å². The lowest BCUT2D eigenvalue weighted by molar-refractivity contribution is -0.134. The third-order valence-corrected chi connectivity index (χ3v) is 6.02. The maximum Gasteiger partial charge on any atom is 0.274 e. The van der Waals surface area contributed by atoms with Crippen LogP contribution in [0.2, 0.25) is 0 Å². The van der Waals surface area contributed by atoms with Crippen molar-refractivity contribution in [2.75, 3.05) is 26.2 Å². The van der Waals surface area contributed by atoms with Gasteiger partial charge in [-0.1, -0.05) is 61.5 Å². The summed E-state index contributed by atoms with van der Waals surface area (Å²) in [5.74, 6) is -0.272. The van der Waals surface area contributed by atoms with Gasteiger partial charge in [-0.3, -0.25) is 14.3 Å². The van der Waals surface area contributed by atoms with Crippen LogP contribution in [-0.4, -0.2) is 57.6 Å². The molecule has 0 N–H and O–H groups in total. The molecule has 6 heteroatoms. The van der Waals surface area contributed by atoms with Crippen molar-refractivity contribution in [1.29, 1.82) is 0 Å². The molecular weight excluding hydrogens is 400 g/mol. The van der Waals surface area contributed by atoms with Crippen molar-refractivity contribution in [2.45, 2.75) is 19.8 Å². The van der Waals surface area contributed by atoms with E-state index in [0.29, 0.717) is 38.3 Å². The van der Waals surface area contributed by atoms with E-state index in [-0.39, 0.29) is 17.7 Å². The molecule has 1 fully saturated rings. The van der Waals surface area contributed by atoms with Crippen LogP contribution >= 0.6 is 0 Å². The summed E-state index contributed by atoms with van der Waals surface area (Å²) in [6.45, 7) is 4.27. The van der Waals surface area contributed by atoms with Crippen LogP contribution < -0.4 is 0 Å². The monoisotopic (exact) mass is 430 g/mol. The minimum absolute atomic E-state index is 0.113. The first-order chi connectivity index (χ1) is 15.6. The predicted octanol–water partition coefficient (Wildman–Crippen LogP) is 3.64. The fraction of sp³-hybridized carbons (Fsp3) is 0.346. The Balaban J connectivity index is 1.63. The number of hydrogen-bond donors (Lipinski definition) is 0. The van der Waals surface area contributed by atoms with Crippen LogP contribution in [0, 0.1) is 5.92 Å². The maximum atomic E-state index is 13.5. The molecule has 0 unspecified atom stereocenters. The van der Waals surface area contributed by atoms with Gasteiger partial charge in [-0.25, -0.2) is 0 Å². The number of amides is 2. The number of aryl methyl sites for hydroxylation is 1. The lowest BCUT2D eigenvalue weighted by atomic mass is 9.91. The van der Waals surface area contributed by atoms with E-state index in [1.807, 2.05) is 35.2 Å². The number of rotatable bonds is 6. The Morgan fingerprint density at radius 1 is 1.03 bits per heavy atom. The van der Waals surface area contributed by atoms with Gasteiger partial charge in [0, 0.05) is 39.4 Å². The number of hydrogen-bond acceptors (Lipinski definition) is 3.